The summed E-state index contributed by atoms with van der Waals surface area (Å²) in [5.74, 6) is 0. The number of thiophene rings is 1. The third-order valence-corrected chi connectivity index (χ3v) is 3.87. The number of likely N-dealkylation sites (N-methyl/N-ethyl adjacent to an activating group) is 1. The zero-order valence-corrected chi connectivity index (χ0v) is 10.8. The minimum Gasteiger partial charge on any atom is -0.314 e. The fraction of sp³-hybridized carbons (Fsp3) is 0.429. The SMILES string of the molecule is CCNC(CC)Cc1ccc2ccsc2c1. The Hall–Kier alpha value is -0.860. The Labute approximate surface area is 101 Å². The van der Waals surface area contributed by atoms with Gasteiger partial charge in [0.25, 0.3) is 0 Å². The minimum absolute atomic E-state index is 0.613. The van der Waals surface area contributed by atoms with Crippen LogP contribution < -0.4 is 5.32 Å². The molecule has 2 aromatic rings. The van der Waals surface area contributed by atoms with E-state index < -0.39 is 0 Å². The van der Waals surface area contributed by atoms with Crippen molar-refractivity contribution in [3.8, 4) is 0 Å². The smallest absolute Gasteiger partial charge is 0.0345 e. The molecule has 0 aliphatic rings. The summed E-state index contributed by atoms with van der Waals surface area (Å²) < 4.78 is 1.41. The molecule has 2 heteroatoms. The summed E-state index contributed by atoms with van der Waals surface area (Å²) in [6.45, 7) is 5.47. The van der Waals surface area contributed by atoms with Crippen molar-refractivity contribution in [1.29, 1.82) is 0 Å². The molecular formula is C14H19NS. The summed E-state index contributed by atoms with van der Waals surface area (Å²) in [7, 11) is 0. The first-order valence-corrected chi connectivity index (χ1v) is 6.91. The monoisotopic (exact) mass is 233 g/mol. The van der Waals surface area contributed by atoms with Crippen LogP contribution in [0.4, 0.5) is 0 Å². The Morgan fingerprint density at radius 1 is 1.25 bits per heavy atom. The highest BCUT2D eigenvalue weighted by molar-refractivity contribution is 7.17. The molecule has 0 spiro atoms. The Balaban J connectivity index is 2.13. The van der Waals surface area contributed by atoms with E-state index in [1.54, 1.807) is 0 Å². The Morgan fingerprint density at radius 3 is 2.88 bits per heavy atom. The molecule has 1 atom stereocenters. The van der Waals surface area contributed by atoms with Crippen LogP contribution in [-0.2, 0) is 6.42 Å². The standard InChI is InChI=1S/C14H19NS/c1-3-13(15-4-2)9-11-5-6-12-7-8-16-14(12)10-11/h5-8,10,13,15H,3-4,9H2,1-2H3. The molecule has 1 nitrogen and oxygen atoms in total. The lowest BCUT2D eigenvalue weighted by Gasteiger charge is -2.15. The molecule has 1 heterocycles. The van der Waals surface area contributed by atoms with Gasteiger partial charge in [-0.1, -0.05) is 26.0 Å². The summed E-state index contributed by atoms with van der Waals surface area (Å²) in [6.07, 6.45) is 2.33. The molecule has 0 saturated carbocycles. The van der Waals surface area contributed by atoms with Crippen LogP contribution in [-0.4, -0.2) is 12.6 Å². The van der Waals surface area contributed by atoms with Crippen molar-refractivity contribution in [2.24, 2.45) is 0 Å². The van der Waals surface area contributed by atoms with Crippen LogP contribution in [0.1, 0.15) is 25.8 Å². The van der Waals surface area contributed by atoms with E-state index in [1.165, 1.54) is 22.1 Å². The largest absolute Gasteiger partial charge is 0.314 e. The number of fused-ring (bicyclic) bond motifs is 1. The number of nitrogens with one attached hydrogen (secondary N) is 1. The average molecular weight is 233 g/mol. The average Bonchev–Trinajstić information content (AvgIpc) is 2.75. The van der Waals surface area contributed by atoms with Crippen LogP contribution in [0.5, 0.6) is 0 Å². The second-order valence-electron chi connectivity index (χ2n) is 4.16. The van der Waals surface area contributed by atoms with Crippen LogP contribution in [0.25, 0.3) is 10.1 Å². The Kier molecular flexibility index (Phi) is 3.97. The number of hydrogen-bond donors (Lipinski definition) is 1. The normalized spacial score (nSPS) is 13.1. The fourth-order valence-corrected chi connectivity index (χ4v) is 2.91. The zero-order valence-electron chi connectivity index (χ0n) is 9.99. The molecule has 2 rings (SSSR count). The van der Waals surface area contributed by atoms with Crippen molar-refractivity contribution in [1.82, 2.24) is 5.32 Å². The van der Waals surface area contributed by atoms with Gasteiger partial charge in [0.15, 0.2) is 0 Å². The maximum Gasteiger partial charge on any atom is 0.0345 e. The zero-order chi connectivity index (χ0) is 11.4. The third-order valence-electron chi connectivity index (χ3n) is 2.99. The molecule has 1 aromatic carbocycles. The first kappa shape index (κ1) is 11.6. The lowest BCUT2D eigenvalue weighted by atomic mass is 10.0. The third kappa shape index (κ3) is 2.63. The maximum atomic E-state index is 3.53. The quantitative estimate of drug-likeness (QED) is 0.827. The van der Waals surface area contributed by atoms with E-state index in [0.29, 0.717) is 6.04 Å². The molecule has 16 heavy (non-hydrogen) atoms. The second-order valence-corrected chi connectivity index (χ2v) is 5.11. The Bertz CT molecular complexity index is 447. The number of rotatable bonds is 5. The van der Waals surface area contributed by atoms with E-state index in [1.807, 2.05) is 11.3 Å². The van der Waals surface area contributed by atoms with Gasteiger partial charge < -0.3 is 5.32 Å². The number of hydrogen-bond acceptors (Lipinski definition) is 2. The topological polar surface area (TPSA) is 12.0 Å². The first-order valence-electron chi connectivity index (χ1n) is 6.03. The molecular weight excluding hydrogens is 214 g/mol. The highest BCUT2D eigenvalue weighted by atomic mass is 32.1. The predicted octanol–water partition coefficient (Wildman–Crippen LogP) is 3.83. The van der Waals surface area contributed by atoms with Crippen molar-refractivity contribution in [2.75, 3.05) is 6.54 Å². The van der Waals surface area contributed by atoms with Crippen LogP contribution >= 0.6 is 11.3 Å². The first-order chi connectivity index (χ1) is 7.83. The summed E-state index contributed by atoms with van der Waals surface area (Å²) >= 11 is 1.83. The molecule has 1 N–H and O–H groups in total. The number of benzene rings is 1. The van der Waals surface area contributed by atoms with Gasteiger partial charge in [-0.3, -0.25) is 0 Å². The van der Waals surface area contributed by atoms with Gasteiger partial charge in [-0.25, -0.2) is 0 Å². The molecule has 1 unspecified atom stereocenters. The van der Waals surface area contributed by atoms with E-state index in [0.717, 1.165) is 13.0 Å². The molecule has 0 bridgehead atoms. The minimum atomic E-state index is 0.613. The van der Waals surface area contributed by atoms with Gasteiger partial charge in [-0.05, 0) is 47.8 Å². The van der Waals surface area contributed by atoms with E-state index in [-0.39, 0.29) is 0 Å². The Morgan fingerprint density at radius 2 is 2.12 bits per heavy atom. The molecule has 0 saturated heterocycles. The van der Waals surface area contributed by atoms with E-state index in [9.17, 15) is 0 Å². The summed E-state index contributed by atoms with van der Waals surface area (Å²) in [5.41, 5.74) is 1.45. The van der Waals surface area contributed by atoms with Crippen LogP contribution in [0, 0.1) is 0 Å². The van der Waals surface area contributed by atoms with Gasteiger partial charge in [0.05, 0.1) is 0 Å². The maximum absolute atomic E-state index is 3.53. The highest BCUT2D eigenvalue weighted by Crippen LogP contribution is 2.22. The summed E-state index contributed by atoms with van der Waals surface area (Å²) in [6, 6.07) is 9.63. The molecule has 86 valence electrons. The van der Waals surface area contributed by atoms with Crippen LogP contribution in [0.3, 0.4) is 0 Å². The van der Waals surface area contributed by atoms with Gasteiger partial charge in [0.1, 0.15) is 0 Å². The summed E-state index contributed by atoms with van der Waals surface area (Å²) in [5, 5.41) is 7.05. The van der Waals surface area contributed by atoms with E-state index in [2.05, 4.69) is 48.8 Å². The van der Waals surface area contributed by atoms with Crippen molar-refractivity contribution < 1.29 is 0 Å². The van der Waals surface area contributed by atoms with Crippen molar-refractivity contribution >= 4 is 21.4 Å². The molecule has 0 aliphatic heterocycles. The van der Waals surface area contributed by atoms with Gasteiger partial charge in [0, 0.05) is 10.7 Å². The van der Waals surface area contributed by atoms with Crippen molar-refractivity contribution in [3.05, 3.63) is 35.2 Å². The van der Waals surface area contributed by atoms with E-state index in [4.69, 9.17) is 0 Å². The van der Waals surface area contributed by atoms with Crippen LogP contribution in [0.2, 0.25) is 0 Å². The second kappa shape index (κ2) is 5.46. The molecule has 0 radical (unpaired) electrons. The van der Waals surface area contributed by atoms with E-state index >= 15 is 0 Å². The molecule has 1 aromatic heterocycles. The lowest BCUT2D eigenvalue weighted by Crippen LogP contribution is -2.30. The highest BCUT2D eigenvalue weighted by Gasteiger charge is 2.06. The van der Waals surface area contributed by atoms with Gasteiger partial charge in [-0.15, -0.1) is 11.3 Å². The predicted molar refractivity (Wildman–Crippen MR) is 73.3 cm³/mol. The van der Waals surface area contributed by atoms with Gasteiger partial charge in [-0.2, -0.15) is 0 Å². The molecule has 0 aliphatic carbocycles. The fourth-order valence-electron chi connectivity index (χ4n) is 2.06. The van der Waals surface area contributed by atoms with Crippen molar-refractivity contribution in [2.45, 2.75) is 32.7 Å². The van der Waals surface area contributed by atoms with Crippen molar-refractivity contribution in [3.63, 3.8) is 0 Å². The van der Waals surface area contributed by atoms with Crippen LogP contribution in [0.15, 0.2) is 29.6 Å². The lowest BCUT2D eigenvalue weighted by molar-refractivity contribution is 0.510. The summed E-state index contributed by atoms with van der Waals surface area (Å²) in [4.78, 5) is 0. The molecule has 0 amide bonds. The molecule has 0 fully saturated rings. The van der Waals surface area contributed by atoms with Gasteiger partial charge >= 0.3 is 0 Å². The van der Waals surface area contributed by atoms with Gasteiger partial charge in [0.2, 0.25) is 0 Å².